The van der Waals surface area contributed by atoms with E-state index in [2.05, 4.69) is 4.74 Å². The summed E-state index contributed by atoms with van der Waals surface area (Å²) < 4.78 is 74.1. The Hall–Kier alpha value is -1.62. The first-order chi connectivity index (χ1) is 8.42. The van der Waals surface area contributed by atoms with Crippen LogP contribution in [0.3, 0.4) is 0 Å². The highest BCUT2D eigenvalue weighted by molar-refractivity contribution is 8.13. The maximum atomic E-state index is 13.3. The molecule has 0 N–H and O–H groups in total. The van der Waals surface area contributed by atoms with Crippen molar-refractivity contribution in [1.29, 1.82) is 0 Å². The summed E-state index contributed by atoms with van der Waals surface area (Å²) in [6, 6.07) is 0.277. The van der Waals surface area contributed by atoms with Crippen LogP contribution in [0.15, 0.2) is 17.0 Å². The fourth-order valence-electron chi connectivity index (χ4n) is 1.03. The van der Waals surface area contributed by atoms with Gasteiger partial charge in [-0.2, -0.15) is 4.39 Å². The van der Waals surface area contributed by atoms with E-state index in [4.69, 9.17) is 10.7 Å². The Labute approximate surface area is 107 Å². The van der Waals surface area contributed by atoms with Crippen LogP contribution in [0, 0.1) is 15.9 Å². The fourth-order valence-corrected chi connectivity index (χ4v) is 1.80. The predicted octanol–water partition coefficient (Wildman–Crippen LogP) is 2.56. The molecule has 0 aromatic heterocycles. The molecule has 106 valence electrons. The fraction of sp³-hybridized carbons (Fsp3) is 0.143. The molecule has 12 heteroatoms. The molecule has 1 aromatic carbocycles. The molecule has 0 saturated carbocycles. The molecule has 0 amide bonds. The van der Waals surface area contributed by atoms with Crippen molar-refractivity contribution in [3.63, 3.8) is 0 Å². The van der Waals surface area contributed by atoms with E-state index in [9.17, 15) is 36.1 Å². The highest BCUT2D eigenvalue weighted by Gasteiger charge is 2.35. The summed E-state index contributed by atoms with van der Waals surface area (Å²) in [5.41, 5.74) is -1.51. The lowest BCUT2D eigenvalue weighted by molar-refractivity contribution is -0.388. The van der Waals surface area contributed by atoms with Crippen molar-refractivity contribution in [2.75, 3.05) is 0 Å². The van der Waals surface area contributed by atoms with E-state index in [0.717, 1.165) is 0 Å². The summed E-state index contributed by atoms with van der Waals surface area (Å²) in [5, 5.41) is 10.4. The van der Waals surface area contributed by atoms with Gasteiger partial charge < -0.3 is 4.74 Å². The molecule has 0 spiro atoms. The lowest BCUT2D eigenvalue weighted by Gasteiger charge is -2.10. The minimum absolute atomic E-state index is 0.0954. The number of nitro benzene ring substituents is 1. The first-order valence-electron chi connectivity index (χ1n) is 4.10. The van der Waals surface area contributed by atoms with Crippen LogP contribution in [0.4, 0.5) is 23.2 Å². The number of hydrogen-bond donors (Lipinski definition) is 0. The van der Waals surface area contributed by atoms with Gasteiger partial charge in [0.25, 0.3) is 9.05 Å². The number of nitro groups is 1. The molecule has 0 heterocycles. The van der Waals surface area contributed by atoms with Gasteiger partial charge in [0.2, 0.25) is 5.82 Å². The molecule has 0 radical (unpaired) electrons. The average molecular weight is 324 g/mol. The summed E-state index contributed by atoms with van der Waals surface area (Å²) in [4.78, 5) is 7.90. The van der Waals surface area contributed by atoms with E-state index in [-0.39, 0.29) is 12.1 Å². The van der Waals surface area contributed by atoms with Crippen LogP contribution in [-0.2, 0) is 9.05 Å². The van der Waals surface area contributed by atoms with Crippen molar-refractivity contribution in [3.05, 3.63) is 28.1 Å². The molecule has 0 fully saturated rings. The van der Waals surface area contributed by atoms with E-state index in [1.54, 1.807) is 0 Å². The van der Waals surface area contributed by atoms with Crippen molar-refractivity contribution >= 4 is 25.4 Å². The molecular weight excluding hydrogens is 322 g/mol. The molecule has 0 aliphatic heterocycles. The van der Waals surface area contributed by atoms with E-state index >= 15 is 0 Å². The first kappa shape index (κ1) is 15.4. The van der Waals surface area contributed by atoms with Gasteiger partial charge in [0.1, 0.15) is 0 Å². The van der Waals surface area contributed by atoms with E-state index in [1.807, 2.05) is 0 Å². The molecule has 6 nitrogen and oxygen atoms in total. The zero-order valence-corrected chi connectivity index (χ0v) is 10.0. The van der Waals surface area contributed by atoms with Gasteiger partial charge in [0.15, 0.2) is 5.75 Å². The Kier molecular flexibility index (Phi) is 3.91. The third-order valence-electron chi connectivity index (χ3n) is 1.70. The molecule has 0 bridgehead atoms. The third-order valence-corrected chi connectivity index (χ3v) is 3.03. The second-order valence-corrected chi connectivity index (χ2v) is 5.56. The molecule has 0 unspecified atom stereocenters. The lowest BCUT2D eigenvalue weighted by Crippen LogP contribution is -2.18. The van der Waals surface area contributed by atoms with E-state index in [0.29, 0.717) is 0 Å². The highest BCUT2D eigenvalue weighted by Crippen LogP contribution is 2.34. The van der Waals surface area contributed by atoms with Crippen molar-refractivity contribution in [3.8, 4) is 5.75 Å². The van der Waals surface area contributed by atoms with Gasteiger partial charge in [0, 0.05) is 22.8 Å². The van der Waals surface area contributed by atoms with Gasteiger partial charge in [-0.3, -0.25) is 10.1 Å². The van der Waals surface area contributed by atoms with Crippen molar-refractivity contribution < 1.29 is 35.6 Å². The third kappa shape index (κ3) is 3.92. The van der Waals surface area contributed by atoms with Gasteiger partial charge in [-0.15, -0.1) is 13.2 Å². The van der Waals surface area contributed by atoms with Gasteiger partial charge in [-0.05, 0) is 0 Å². The van der Waals surface area contributed by atoms with Crippen LogP contribution < -0.4 is 4.74 Å². The van der Waals surface area contributed by atoms with Crippen LogP contribution in [-0.4, -0.2) is 19.7 Å². The van der Waals surface area contributed by atoms with Crippen LogP contribution >= 0.6 is 10.7 Å². The Morgan fingerprint density at radius 3 is 2.21 bits per heavy atom. The van der Waals surface area contributed by atoms with Gasteiger partial charge in [-0.25, -0.2) is 8.42 Å². The number of nitrogens with zero attached hydrogens (tertiary/aromatic N) is 1. The first-order valence-corrected chi connectivity index (χ1v) is 6.41. The summed E-state index contributed by atoms with van der Waals surface area (Å²) in [5.74, 6) is -3.63. The molecule has 19 heavy (non-hydrogen) atoms. The number of halogens is 5. The molecule has 1 rings (SSSR count). The molecule has 0 aliphatic rings. The SMILES string of the molecule is O=[N+]([O-])c1cc(S(=O)(=O)Cl)cc(OC(F)(F)F)c1F. The maximum absolute atomic E-state index is 13.3. The van der Waals surface area contributed by atoms with Crippen molar-refractivity contribution in [1.82, 2.24) is 0 Å². The standard InChI is InChI=1S/C7H2ClF4NO5S/c8-19(16,17)3-1-4(13(14)15)6(9)5(2-3)18-7(10,11)12/h1-2H. The zero-order chi connectivity index (χ0) is 15.0. The summed E-state index contributed by atoms with van der Waals surface area (Å²) in [6.45, 7) is 0. The topological polar surface area (TPSA) is 86.5 Å². The number of hydrogen-bond acceptors (Lipinski definition) is 5. The predicted molar refractivity (Wildman–Crippen MR) is 52.8 cm³/mol. The van der Waals surface area contributed by atoms with E-state index in [1.165, 1.54) is 0 Å². The zero-order valence-electron chi connectivity index (χ0n) is 8.44. The van der Waals surface area contributed by atoms with Crippen molar-refractivity contribution in [2.45, 2.75) is 11.3 Å². The quantitative estimate of drug-likeness (QED) is 0.369. The Balaban J connectivity index is 3.54. The minimum Gasteiger partial charge on any atom is -0.402 e. The lowest BCUT2D eigenvalue weighted by atomic mass is 10.3. The van der Waals surface area contributed by atoms with Crippen LogP contribution in [0.5, 0.6) is 5.75 Å². The summed E-state index contributed by atoms with van der Waals surface area (Å²) in [7, 11) is 0.221. The molecule has 0 atom stereocenters. The largest absolute Gasteiger partial charge is 0.573 e. The number of rotatable bonds is 3. The Morgan fingerprint density at radius 2 is 1.84 bits per heavy atom. The van der Waals surface area contributed by atoms with Gasteiger partial charge in [-0.1, -0.05) is 0 Å². The Morgan fingerprint density at radius 1 is 1.32 bits per heavy atom. The molecular formula is C7H2ClF4NO5S. The smallest absolute Gasteiger partial charge is 0.402 e. The Bertz CT molecular complexity index is 629. The molecule has 0 aliphatic carbocycles. The normalized spacial score (nSPS) is 12.3. The number of alkyl halides is 3. The highest BCUT2D eigenvalue weighted by atomic mass is 35.7. The van der Waals surface area contributed by atoms with E-state index < -0.39 is 42.5 Å². The number of ether oxygens (including phenoxy) is 1. The minimum atomic E-state index is -5.36. The van der Waals surface area contributed by atoms with Crippen LogP contribution in [0.1, 0.15) is 0 Å². The number of benzene rings is 1. The van der Waals surface area contributed by atoms with Crippen LogP contribution in [0.2, 0.25) is 0 Å². The second-order valence-electron chi connectivity index (χ2n) is 3.00. The maximum Gasteiger partial charge on any atom is 0.573 e. The van der Waals surface area contributed by atoms with Gasteiger partial charge >= 0.3 is 12.0 Å². The van der Waals surface area contributed by atoms with Crippen LogP contribution in [0.25, 0.3) is 0 Å². The van der Waals surface area contributed by atoms with Gasteiger partial charge in [0.05, 0.1) is 9.82 Å². The summed E-state index contributed by atoms with van der Waals surface area (Å²) >= 11 is 0. The second kappa shape index (κ2) is 4.81. The monoisotopic (exact) mass is 323 g/mol. The van der Waals surface area contributed by atoms with Crippen molar-refractivity contribution in [2.24, 2.45) is 0 Å². The molecule has 0 saturated heterocycles. The summed E-state index contributed by atoms with van der Waals surface area (Å²) in [6.07, 6.45) is -5.36. The average Bonchev–Trinajstić information content (AvgIpc) is 2.16. The molecule has 1 aromatic rings.